The molecule has 0 aliphatic carbocycles. The molecule has 0 unspecified atom stereocenters. The minimum atomic E-state index is -3.81. The predicted octanol–water partition coefficient (Wildman–Crippen LogP) is 1.81. The first kappa shape index (κ1) is 16.7. The summed E-state index contributed by atoms with van der Waals surface area (Å²) >= 11 is 1.26. The van der Waals surface area contributed by atoms with Crippen molar-refractivity contribution in [3.05, 3.63) is 29.0 Å². The van der Waals surface area contributed by atoms with E-state index in [-0.39, 0.29) is 12.3 Å². The van der Waals surface area contributed by atoms with Crippen LogP contribution in [0.5, 0.6) is 0 Å². The van der Waals surface area contributed by atoms with E-state index in [1.54, 1.807) is 19.1 Å². The topological polar surface area (TPSA) is 98.5 Å². The van der Waals surface area contributed by atoms with Crippen LogP contribution in [0.1, 0.15) is 22.3 Å². The van der Waals surface area contributed by atoms with Gasteiger partial charge in [0.05, 0.1) is 12.9 Å². The normalized spacial score (nSPS) is 13.0. The van der Waals surface area contributed by atoms with Gasteiger partial charge in [-0.1, -0.05) is 0 Å². The van der Waals surface area contributed by atoms with Crippen LogP contribution in [0.4, 0.5) is 0 Å². The monoisotopic (exact) mass is 344 g/mol. The second kappa shape index (κ2) is 6.59. The van der Waals surface area contributed by atoms with Crippen molar-refractivity contribution < 1.29 is 22.4 Å². The Hall–Kier alpha value is -1.71. The van der Waals surface area contributed by atoms with Crippen LogP contribution in [0.15, 0.2) is 22.8 Å². The number of carbonyl (C=O) groups is 1. The third kappa shape index (κ3) is 3.54. The van der Waals surface area contributed by atoms with Crippen molar-refractivity contribution in [2.24, 2.45) is 0 Å². The van der Waals surface area contributed by atoms with E-state index in [0.717, 1.165) is 0 Å². The van der Waals surface area contributed by atoms with Gasteiger partial charge in [0.2, 0.25) is 10.0 Å². The van der Waals surface area contributed by atoms with Crippen LogP contribution in [0.2, 0.25) is 0 Å². The predicted molar refractivity (Wildman–Crippen MR) is 82.3 cm³/mol. The first-order valence-corrected chi connectivity index (χ1v) is 8.77. The molecule has 0 spiro atoms. The van der Waals surface area contributed by atoms with Gasteiger partial charge in [0.15, 0.2) is 10.8 Å². The maximum Gasteiger partial charge on any atom is 0.284 e. The van der Waals surface area contributed by atoms with E-state index in [9.17, 15) is 13.2 Å². The van der Waals surface area contributed by atoms with Gasteiger partial charge in [-0.25, -0.2) is 18.1 Å². The molecule has 2 heterocycles. The fraction of sp³-hybridized carbons (Fsp3) is 0.385. The lowest BCUT2D eigenvalue weighted by atomic mass is 10.4. The van der Waals surface area contributed by atoms with Gasteiger partial charge in [-0.15, -0.1) is 11.3 Å². The number of aromatic nitrogens is 1. The van der Waals surface area contributed by atoms with Gasteiger partial charge >= 0.3 is 0 Å². The van der Waals surface area contributed by atoms with E-state index in [1.807, 2.05) is 4.72 Å². The van der Waals surface area contributed by atoms with Crippen LogP contribution in [-0.2, 0) is 14.8 Å². The fourth-order valence-electron chi connectivity index (χ4n) is 1.72. The molecule has 7 nitrogen and oxygen atoms in total. The highest BCUT2D eigenvalue weighted by Crippen LogP contribution is 2.27. The highest BCUT2D eigenvalue weighted by molar-refractivity contribution is 7.90. The van der Waals surface area contributed by atoms with E-state index in [0.29, 0.717) is 15.6 Å². The van der Waals surface area contributed by atoms with Crippen molar-refractivity contribution in [3.8, 4) is 10.8 Å². The van der Waals surface area contributed by atoms with E-state index >= 15 is 0 Å². The molecule has 0 bridgehead atoms. The molecule has 2 aromatic rings. The lowest BCUT2D eigenvalue weighted by Gasteiger charge is -2.12. The molecule has 2 aromatic heterocycles. The summed E-state index contributed by atoms with van der Waals surface area (Å²) in [6.45, 7) is 3.15. The SMILES string of the molecule is COC[C@@H](C)S(=O)(=O)NC(=O)c1nc(-c2ccco2)sc1C. The number of thiazole rings is 1. The summed E-state index contributed by atoms with van der Waals surface area (Å²) < 4.78 is 36.0. The zero-order valence-electron chi connectivity index (χ0n) is 12.3. The lowest BCUT2D eigenvalue weighted by molar-refractivity contribution is 0.0976. The molecular weight excluding hydrogens is 328 g/mol. The van der Waals surface area contributed by atoms with Gasteiger partial charge in [-0.3, -0.25) is 4.79 Å². The molecule has 0 fully saturated rings. The van der Waals surface area contributed by atoms with Crippen LogP contribution >= 0.6 is 11.3 Å². The quantitative estimate of drug-likeness (QED) is 0.858. The Morgan fingerprint density at radius 2 is 2.27 bits per heavy atom. The standard InChI is InChI=1S/C13H16N2O5S2/c1-8(7-19-3)22(17,18)15-12(16)11-9(2)21-13(14-11)10-5-4-6-20-10/h4-6,8H,7H2,1-3H3,(H,15,16)/t8-/m1/s1. The Morgan fingerprint density at radius 1 is 1.55 bits per heavy atom. The zero-order chi connectivity index (χ0) is 16.3. The molecule has 0 saturated heterocycles. The van der Waals surface area contributed by atoms with Crippen LogP contribution < -0.4 is 4.72 Å². The van der Waals surface area contributed by atoms with E-state index in [2.05, 4.69) is 4.98 Å². The van der Waals surface area contributed by atoms with Crippen molar-refractivity contribution in [1.29, 1.82) is 0 Å². The van der Waals surface area contributed by atoms with Crippen molar-refractivity contribution in [2.75, 3.05) is 13.7 Å². The molecule has 120 valence electrons. The third-order valence-corrected chi connectivity index (χ3v) is 5.56. The van der Waals surface area contributed by atoms with Crippen molar-refractivity contribution in [1.82, 2.24) is 9.71 Å². The van der Waals surface area contributed by atoms with Crippen LogP contribution in [0, 0.1) is 6.92 Å². The first-order chi connectivity index (χ1) is 10.3. The maximum absolute atomic E-state index is 12.2. The molecule has 0 aliphatic rings. The zero-order valence-corrected chi connectivity index (χ0v) is 14.0. The number of ether oxygens (including phenoxy) is 1. The number of hydrogen-bond donors (Lipinski definition) is 1. The van der Waals surface area contributed by atoms with Crippen molar-refractivity contribution in [2.45, 2.75) is 19.1 Å². The molecule has 22 heavy (non-hydrogen) atoms. The second-order valence-electron chi connectivity index (χ2n) is 4.64. The molecule has 0 aromatic carbocycles. The molecule has 2 rings (SSSR count). The van der Waals surface area contributed by atoms with E-state index < -0.39 is 21.2 Å². The number of methoxy groups -OCH3 is 1. The minimum Gasteiger partial charge on any atom is -0.462 e. The van der Waals surface area contributed by atoms with Gasteiger partial charge in [-0.2, -0.15) is 0 Å². The Bertz CT molecular complexity index is 749. The first-order valence-electron chi connectivity index (χ1n) is 6.41. The number of sulfonamides is 1. The molecule has 1 atom stereocenters. The van der Waals surface area contributed by atoms with Gasteiger partial charge in [0.25, 0.3) is 5.91 Å². The molecule has 0 radical (unpaired) electrons. The number of aryl methyl sites for hydroxylation is 1. The molecule has 0 saturated carbocycles. The van der Waals surface area contributed by atoms with Gasteiger partial charge in [0, 0.05) is 12.0 Å². The Balaban J connectivity index is 2.20. The second-order valence-corrected chi connectivity index (χ2v) is 7.95. The van der Waals surface area contributed by atoms with Crippen molar-refractivity contribution >= 4 is 27.3 Å². The Kier molecular flexibility index (Phi) is 4.99. The summed E-state index contributed by atoms with van der Waals surface area (Å²) in [4.78, 5) is 16.9. The number of nitrogens with zero attached hydrogens (tertiary/aromatic N) is 1. The van der Waals surface area contributed by atoms with Crippen LogP contribution in [0.3, 0.4) is 0 Å². The summed E-state index contributed by atoms with van der Waals surface area (Å²) in [7, 11) is -2.42. The highest BCUT2D eigenvalue weighted by atomic mass is 32.2. The smallest absolute Gasteiger partial charge is 0.284 e. The number of carbonyl (C=O) groups excluding carboxylic acids is 1. The molecular formula is C13H16N2O5S2. The Labute approximate surface area is 132 Å². The van der Waals surface area contributed by atoms with Gasteiger partial charge in [-0.05, 0) is 26.0 Å². The summed E-state index contributed by atoms with van der Waals surface area (Å²) in [5, 5.41) is -0.320. The third-order valence-electron chi connectivity index (χ3n) is 2.91. The number of nitrogens with one attached hydrogen (secondary N) is 1. The average Bonchev–Trinajstić information content (AvgIpc) is 3.07. The summed E-state index contributed by atoms with van der Waals surface area (Å²) in [6.07, 6.45) is 1.50. The fourth-order valence-corrected chi connectivity index (χ4v) is 3.47. The number of hydrogen-bond acceptors (Lipinski definition) is 7. The van der Waals surface area contributed by atoms with Crippen LogP contribution in [0.25, 0.3) is 10.8 Å². The average molecular weight is 344 g/mol. The maximum atomic E-state index is 12.2. The molecule has 0 aliphatic heterocycles. The number of furan rings is 1. The highest BCUT2D eigenvalue weighted by Gasteiger charge is 2.26. The number of amides is 1. The lowest BCUT2D eigenvalue weighted by Crippen LogP contribution is -2.39. The molecule has 9 heteroatoms. The van der Waals surface area contributed by atoms with Crippen molar-refractivity contribution in [3.63, 3.8) is 0 Å². The summed E-state index contributed by atoms with van der Waals surface area (Å²) in [6, 6.07) is 3.43. The van der Waals surface area contributed by atoms with Gasteiger partial charge in [0.1, 0.15) is 10.9 Å². The van der Waals surface area contributed by atoms with Crippen LogP contribution in [-0.4, -0.2) is 38.3 Å². The summed E-state index contributed by atoms with van der Waals surface area (Å²) in [5.74, 6) is -0.225. The van der Waals surface area contributed by atoms with E-state index in [1.165, 1.54) is 31.6 Å². The minimum absolute atomic E-state index is 0.00366. The summed E-state index contributed by atoms with van der Waals surface area (Å²) in [5.41, 5.74) is 0.0737. The Morgan fingerprint density at radius 3 is 2.86 bits per heavy atom. The number of rotatable bonds is 6. The largest absolute Gasteiger partial charge is 0.462 e. The molecule has 1 amide bonds. The molecule has 1 N–H and O–H groups in total. The van der Waals surface area contributed by atoms with Gasteiger partial charge < -0.3 is 9.15 Å². The van der Waals surface area contributed by atoms with E-state index in [4.69, 9.17) is 9.15 Å².